The van der Waals surface area contributed by atoms with Crippen LogP contribution >= 0.6 is 11.6 Å². The highest BCUT2D eigenvalue weighted by molar-refractivity contribution is 6.52. The van der Waals surface area contributed by atoms with Gasteiger partial charge in [0.25, 0.3) is 11.8 Å². The average Bonchev–Trinajstić information content (AvgIpc) is 3.23. The number of anilines is 1. The second kappa shape index (κ2) is 7.00. The number of halogens is 1. The molecular formula is C25H20ClN3O2. The van der Waals surface area contributed by atoms with Gasteiger partial charge in [0.1, 0.15) is 0 Å². The summed E-state index contributed by atoms with van der Waals surface area (Å²) in [6, 6.07) is 17.5. The highest BCUT2D eigenvalue weighted by Gasteiger charge is 2.35. The lowest BCUT2D eigenvalue weighted by atomic mass is 9.92. The normalized spacial score (nSPS) is 14.1. The van der Waals surface area contributed by atoms with E-state index in [0.717, 1.165) is 27.4 Å². The number of hydrogen-bond acceptors (Lipinski definition) is 3. The van der Waals surface area contributed by atoms with Crippen LogP contribution in [-0.2, 0) is 16.6 Å². The first-order valence-electron chi connectivity index (χ1n) is 9.91. The quantitative estimate of drug-likeness (QED) is 0.483. The molecule has 0 fully saturated rings. The third-order valence-corrected chi connectivity index (χ3v) is 6.13. The molecule has 1 aliphatic rings. The molecule has 5 nitrogen and oxygen atoms in total. The van der Waals surface area contributed by atoms with Gasteiger partial charge in [-0.3, -0.25) is 14.9 Å². The van der Waals surface area contributed by atoms with Gasteiger partial charge in [-0.15, -0.1) is 0 Å². The van der Waals surface area contributed by atoms with Gasteiger partial charge in [0, 0.05) is 60.1 Å². The molecule has 1 N–H and O–H groups in total. The minimum Gasteiger partial charge on any atom is -0.378 e. The number of benzene rings is 3. The van der Waals surface area contributed by atoms with Gasteiger partial charge < -0.3 is 9.47 Å². The lowest BCUT2D eigenvalue weighted by Crippen LogP contribution is -2.22. The first-order chi connectivity index (χ1) is 14.9. The second-order valence-electron chi connectivity index (χ2n) is 7.93. The number of hydrogen-bond donors (Lipinski definition) is 1. The lowest BCUT2D eigenvalue weighted by Gasteiger charge is -2.16. The molecule has 0 saturated carbocycles. The topological polar surface area (TPSA) is 54.3 Å². The highest BCUT2D eigenvalue weighted by atomic mass is 35.5. The molecule has 0 saturated heterocycles. The zero-order valence-corrected chi connectivity index (χ0v) is 18.1. The molecule has 2 amide bonds. The summed E-state index contributed by atoms with van der Waals surface area (Å²) in [6.45, 7) is 0. The van der Waals surface area contributed by atoms with Crippen molar-refractivity contribution in [2.45, 2.75) is 0 Å². The number of aryl methyl sites for hydroxylation is 1. The van der Waals surface area contributed by atoms with E-state index in [0.29, 0.717) is 27.3 Å². The van der Waals surface area contributed by atoms with Crippen LogP contribution in [0.2, 0.25) is 5.02 Å². The number of aromatic nitrogens is 1. The zero-order chi connectivity index (χ0) is 21.9. The Morgan fingerprint density at radius 2 is 1.61 bits per heavy atom. The average molecular weight is 430 g/mol. The first-order valence-corrected chi connectivity index (χ1v) is 10.3. The Hall–Kier alpha value is -3.57. The molecule has 0 bridgehead atoms. The number of amides is 2. The predicted octanol–water partition coefficient (Wildman–Crippen LogP) is 4.62. The van der Waals surface area contributed by atoms with Gasteiger partial charge in [-0.1, -0.05) is 41.9 Å². The van der Waals surface area contributed by atoms with Crippen molar-refractivity contribution in [3.8, 4) is 0 Å². The third kappa shape index (κ3) is 2.93. The number of para-hydroxylation sites is 1. The predicted molar refractivity (Wildman–Crippen MR) is 126 cm³/mol. The van der Waals surface area contributed by atoms with Crippen LogP contribution in [0.25, 0.3) is 32.8 Å². The smallest absolute Gasteiger partial charge is 0.259 e. The summed E-state index contributed by atoms with van der Waals surface area (Å²) in [5.74, 6) is -0.842. The number of carbonyl (C=O) groups excluding carboxylic acids is 2. The van der Waals surface area contributed by atoms with Gasteiger partial charge in [0.05, 0.1) is 11.1 Å². The number of fused-ring (bicyclic) bond motifs is 2. The van der Waals surface area contributed by atoms with E-state index < -0.39 is 11.8 Å². The van der Waals surface area contributed by atoms with E-state index in [1.807, 2.05) is 85.3 Å². The van der Waals surface area contributed by atoms with Crippen LogP contribution < -0.4 is 10.2 Å². The van der Waals surface area contributed by atoms with Crippen molar-refractivity contribution >= 4 is 61.9 Å². The van der Waals surface area contributed by atoms with E-state index in [1.165, 1.54) is 0 Å². The van der Waals surface area contributed by atoms with Crippen LogP contribution in [0.5, 0.6) is 0 Å². The van der Waals surface area contributed by atoms with Crippen LogP contribution in [0.4, 0.5) is 5.69 Å². The molecule has 2 heterocycles. The maximum absolute atomic E-state index is 13.1. The summed E-state index contributed by atoms with van der Waals surface area (Å²) in [6.07, 6.45) is 1.89. The molecule has 1 aliphatic heterocycles. The van der Waals surface area contributed by atoms with Gasteiger partial charge >= 0.3 is 0 Å². The van der Waals surface area contributed by atoms with Crippen molar-refractivity contribution in [1.29, 1.82) is 0 Å². The Labute approximate surface area is 184 Å². The SMILES string of the molecule is CN(C)c1ccc2ccc(Cl)c(C3=C(c4cn(C)c5ccccc45)C(=O)NC3=O)c2c1. The molecule has 5 rings (SSSR count). The fourth-order valence-electron chi connectivity index (χ4n) is 4.30. The Balaban J connectivity index is 1.89. The fraction of sp³-hybridized carbons (Fsp3) is 0.120. The maximum Gasteiger partial charge on any atom is 0.259 e. The van der Waals surface area contributed by atoms with Crippen molar-refractivity contribution in [3.05, 3.63) is 76.9 Å². The molecule has 1 aromatic heterocycles. The standard InChI is InChI=1S/C25H20ClN3O2/c1-28(2)15-10-8-14-9-11-19(26)21(17(14)12-15)23-22(24(30)27-25(23)31)18-13-29(3)20-7-5-4-6-16(18)20/h4-13H,1-3H3,(H,27,30,31). The van der Waals surface area contributed by atoms with Crippen molar-refractivity contribution in [1.82, 2.24) is 9.88 Å². The van der Waals surface area contributed by atoms with Crippen molar-refractivity contribution < 1.29 is 9.59 Å². The Morgan fingerprint density at radius 1 is 0.903 bits per heavy atom. The van der Waals surface area contributed by atoms with E-state index in [-0.39, 0.29) is 0 Å². The largest absolute Gasteiger partial charge is 0.378 e. The molecule has 4 aromatic rings. The Kier molecular flexibility index (Phi) is 4.38. The van der Waals surface area contributed by atoms with E-state index >= 15 is 0 Å². The number of rotatable bonds is 3. The Morgan fingerprint density at radius 3 is 2.39 bits per heavy atom. The summed E-state index contributed by atoms with van der Waals surface area (Å²) in [5.41, 5.74) is 3.92. The summed E-state index contributed by atoms with van der Waals surface area (Å²) in [7, 11) is 5.84. The molecular weight excluding hydrogens is 410 g/mol. The van der Waals surface area contributed by atoms with Gasteiger partial charge in [-0.25, -0.2) is 0 Å². The molecule has 31 heavy (non-hydrogen) atoms. The van der Waals surface area contributed by atoms with Gasteiger partial charge in [-0.2, -0.15) is 0 Å². The first kappa shape index (κ1) is 19.4. The van der Waals surface area contributed by atoms with Gasteiger partial charge in [0.2, 0.25) is 0 Å². The fourth-order valence-corrected chi connectivity index (χ4v) is 4.56. The number of nitrogens with one attached hydrogen (secondary N) is 1. The minimum absolute atomic E-state index is 0.313. The van der Waals surface area contributed by atoms with Gasteiger partial charge in [0.15, 0.2) is 0 Å². The summed E-state index contributed by atoms with van der Waals surface area (Å²) < 4.78 is 1.96. The lowest BCUT2D eigenvalue weighted by molar-refractivity contribution is -0.122. The van der Waals surface area contributed by atoms with E-state index in [1.54, 1.807) is 6.07 Å². The summed E-state index contributed by atoms with van der Waals surface area (Å²) in [5, 5.41) is 5.60. The number of imide groups is 1. The summed E-state index contributed by atoms with van der Waals surface area (Å²) >= 11 is 6.66. The number of nitrogens with zero attached hydrogens (tertiary/aromatic N) is 2. The molecule has 0 aliphatic carbocycles. The molecule has 154 valence electrons. The van der Waals surface area contributed by atoms with Crippen LogP contribution in [-0.4, -0.2) is 30.5 Å². The molecule has 6 heteroatoms. The zero-order valence-electron chi connectivity index (χ0n) is 17.4. The van der Waals surface area contributed by atoms with Crippen molar-refractivity contribution in [2.75, 3.05) is 19.0 Å². The van der Waals surface area contributed by atoms with E-state index in [2.05, 4.69) is 5.32 Å². The van der Waals surface area contributed by atoms with Crippen molar-refractivity contribution in [2.24, 2.45) is 7.05 Å². The molecule has 0 unspecified atom stereocenters. The molecule has 0 atom stereocenters. The monoisotopic (exact) mass is 429 g/mol. The second-order valence-corrected chi connectivity index (χ2v) is 8.33. The van der Waals surface area contributed by atoms with E-state index in [9.17, 15) is 9.59 Å². The third-order valence-electron chi connectivity index (χ3n) is 5.82. The minimum atomic E-state index is -0.433. The van der Waals surface area contributed by atoms with Crippen LogP contribution in [0.3, 0.4) is 0 Å². The molecule has 0 spiro atoms. The van der Waals surface area contributed by atoms with Crippen LogP contribution in [0.1, 0.15) is 11.1 Å². The number of carbonyl (C=O) groups is 2. The van der Waals surface area contributed by atoms with Crippen LogP contribution in [0.15, 0.2) is 60.8 Å². The molecule has 0 radical (unpaired) electrons. The van der Waals surface area contributed by atoms with Crippen LogP contribution in [0, 0.1) is 0 Å². The molecule has 3 aromatic carbocycles. The van der Waals surface area contributed by atoms with Crippen molar-refractivity contribution in [3.63, 3.8) is 0 Å². The maximum atomic E-state index is 13.1. The highest BCUT2D eigenvalue weighted by Crippen LogP contribution is 2.41. The van der Waals surface area contributed by atoms with E-state index in [4.69, 9.17) is 11.6 Å². The Bertz CT molecular complexity index is 1450. The summed E-state index contributed by atoms with van der Waals surface area (Å²) in [4.78, 5) is 28.0. The van der Waals surface area contributed by atoms with Gasteiger partial charge in [-0.05, 0) is 35.0 Å².